The topological polar surface area (TPSA) is 52.4 Å². The Morgan fingerprint density at radius 2 is 1.78 bits per heavy atom. The second kappa shape index (κ2) is 4.56. The predicted molar refractivity (Wildman–Crippen MR) is 49.5 cm³/mol. The first-order valence-electron chi connectivity index (χ1n) is 4.12. The minimum absolute atomic E-state index is 0.221. The first-order valence-corrected chi connectivity index (χ1v) is 4.50. The van der Waals surface area contributed by atoms with Crippen LogP contribution in [-0.4, -0.2) is 10.5 Å². The van der Waals surface area contributed by atoms with Gasteiger partial charge in [0.1, 0.15) is 11.3 Å². The molecule has 0 heterocycles. The van der Waals surface area contributed by atoms with Gasteiger partial charge in [-0.2, -0.15) is 13.2 Å². The number of nitro benzene ring substituents is 1. The first-order chi connectivity index (χ1) is 8.00. The maximum absolute atomic E-state index is 12.4. The summed E-state index contributed by atoms with van der Waals surface area (Å²) in [7, 11) is 0. The third-order valence-electron chi connectivity index (χ3n) is 1.70. The number of rotatable bonds is 3. The third kappa shape index (κ3) is 3.69. The van der Waals surface area contributed by atoms with Crippen LogP contribution < -0.4 is 4.74 Å². The second-order valence-corrected chi connectivity index (χ2v) is 3.42. The maximum atomic E-state index is 12.4. The van der Waals surface area contributed by atoms with Crippen LogP contribution in [0.15, 0.2) is 18.2 Å². The molecule has 0 atom stereocenters. The highest BCUT2D eigenvalue weighted by atomic mass is 35.5. The molecule has 1 aromatic carbocycles. The van der Waals surface area contributed by atoms with E-state index in [1.54, 1.807) is 0 Å². The molecule has 0 aliphatic rings. The lowest BCUT2D eigenvalue weighted by atomic mass is 10.1. The molecule has 4 nitrogen and oxygen atoms in total. The highest BCUT2D eigenvalue weighted by Crippen LogP contribution is 2.38. The minimum Gasteiger partial charge on any atom is -0.420 e. The summed E-state index contributed by atoms with van der Waals surface area (Å²) in [6.45, 7) is 0. The van der Waals surface area contributed by atoms with Gasteiger partial charge in [0.15, 0.2) is 0 Å². The van der Waals surface area contributed by atoms with Crippen LogP contribution in [0.1, 0.15) is 5.56 Å². The molecule has 0 aliphatic heterocycles. The summed E-state index contributed by atoms with van der Waals surface area (Å²) < 4.78 is 65.2. The molecule has 0 aliphatic carbocycles. The zero-order valence-electron chi connectivity index (χ0n) is 8.17. The Morgan fingerprint density at radius 3 is 2.17 bits per heavy atom. The van der Waals surface area contributed by atoms with Gasteiger partial charge in [0.05, 0.1) is 11.0 Å². The lowest BCUT2D eigenvalue weighted by Crippen LogP contribution is -2.16. The van der Waals surface area contributed by atoms with E-state index in [1.807, 2.05) is 0 Å². The van der Waals surface area contributed by atoms with E-state index in [0.717, 1.165) is 0 Å². The summed E-state index contributed by atoms with van der Waals surface area (Å²) >= 11 is 4.38. The van der Waals surface area contributed by atoms with Gasteiger partial charge >= 0.3 is 11.7 Å². The van der Waals surface area contributed by atoms with Crippen molar-refractivity contribution in [3.8, 4) is 5.75 Å². The summed E-state index contributed by atoms with van der Waals surface area (Å²) in [6, 6.07) is 0.987. The SMILES string of the molecule is O=[N+]([O-])c1cc(OC(F)(F)Cl)ccc1C(F)(F)F. The van der Waals surface area contributed by atoms with Gasteiger partial charge in [0.25, 0.3) is 5.69 Å². The summed E-state index contributed by atoms with van der Waals surface area (Å²) in [6.07, 6.45) is -4.98. The Kier molecular flexibility index (Phi) is 3.65. The van der Waals surface area contributed by atoms with E-state index in [9.17, 15) is 32.1 Å². The molecule has 0 radical (unpaired) electrons. The van der Waals surface area contributed by atoms with Crippen LogP contribution >= 0.6 is 11.6 Å². The van der Waals surface area contributed by atoms with E-state index in [0.29, 0.717) is 6.07 Å². The molecule has 1 rings (SSSR count). The Balaban J connectivity index is 3.24. The number of nitro groups is 1. The fourth-order valence-corrected chi connectivity index (χ4v) is 1.19. The summed E-state index contributed by atoms with van der Waals surface area (Å²) in [5.41, 5.74) is -7.15. The van der Waals surface area contributed by atoms with Crippen LogP contribution in [0.2, 0.25) is 0 Å². The highest BCUT2D eigenvalue weighted by Gasteiger charge is 2.39. The Hall–Kier alpha value is -1.64. The van der Waals surface area contributed by atoms with Gasteiger partial charge in [0, 0.05) is 11.6 Å². The van der Waals surface area contributed by atoms with Crippen molar-refractivity contribution in [2.45, 2.75) is 11.7 Å². The molecule has 0 N–H and O–H groups in total. The number of benzene rings is 1. The highest BCUT2D eigenvalue weighted by molar-refractivity contribution is 6.20. The molecule has 0 saturated carbocycles. The smallest absolute Gasteiger partial charge is 0.420 e. The van der Waals surface area contributed by atoms with Crippen molar-refractivity contribution in [1.29, 1.82) is 0 Å². The molecular formula is C8H3ClF5NO3. The molecule has 100 valence electrons. The van der Waals surface area contributed by atoms with Crippen molar-refractivity contribution in [2.75, 3.05) is 0 Å². The largest absolute Gasteiger partial charge is 0.487 e. The molecule has 0 aromatic heterocycles. The molecule has 0 spiro atoms. The number of hydrogen-bond acceptors (Lipinski definition) is 3. The monoisotopic (exact) mass is 291 g/mol. The van der Waals surface area contributed by atoms with Gasteiger partial charge in [-0.25, -0.2) is 0 Å². The van der Waals surface area contributed by atoms with Crippen LogP contribution in [0.4, 0.5) is 27.6 Å². The standard InChI is InChI=1S/C8H3ClF5NO3/c9-8(13,14)18-4-1-2-5(7(10,11)12)6(3-4)15(16)17/h1-3H. The number of alkyl halides is 6. The normalized spacial score (nSPS) is 12.3. The fourth-order valence-electron chi connectivity index (χ4n) is 1.10. The van der Waals surface area contributed by atoms with Crippen molar-refractivity contribution in [1.82, 2.24) is 0 Å². The molecular weight excluding hydrogens is 289 g/mol. The Labute approximate surface area is 101 Å². The molecule has 0 bridgehead atoms. The average molecular weight is 292 g/mol. The number of halogens is 6. The van der Waals surface area contributed by atoms with Crippen molar-refractivity contribution in [2.24, 2.45) is 0 Å². The zero-order chi connectivity index (χ0) is 14.1. The van der Waals surface area contributed by atoms with E-state index in [1.165, 1.54) is 0 Å². The molecule has 10 heteroatoms. The minimum atomic E-state index is -4.98. The summed E-state index contributed by atoms with van der Waals surface area (Å²) in [5, 5.41) is 10.4. The fraction of sp³-hybridized carbons (Fsp3) is 0.250. The van der Waals surface area contributed by atoms with E-state index >= 15 is 0 Å². The van der Waals surface area contributed by atoms with Gasteiger partial charge < -0.3 is 4.74 Å². The molecule has 0 fully saturated rings. The maximum Gasteiger partial charge on any atom is 0.487 e. The lowest BCUT2D eigenvalue weighted by molar-refractivity contribution is -0.388. The molecule has 0 saturated heterocycles. The van der Waals surface area contributed by atoms with Crippen molar-refractivity contribution < 1.29 is 31.6 Å². The van der Waals surface area contributed by atoms with Gasteiger partial charge in [0.2, 0.25) is 0 Å². The van der Waals surface area contributed by atoms with Crippen molar-refractivity contribution >= 4 is 17.3 Å². The Morgan fingerprint density at radius 1 is 1.22 bits per heavy atom. The van der Waals surface area contributed by atoms with E-state index in [2.05, 4.69) is 16.3 Å². The third-order valence-corrected chi connectivity index (χ3v) is 1.78. The predicted octanol–water partition coefficient (Wildman–Crippen LogP) is 3.78. The van der Waals surface area contributed by atoms with Crippen molar-refractivity contribution in [3.63, 3.8) is 0 Å². The molecule has 0 amide bonds. The number of hydrogen-bond donors (Lipinski definition) is 0. The van der Waals surface area contributed by atoms with Gasteiger partial charge in [-0.05, 0) is 12.1 Å². The van der Waals surface area contributed by atoms with Crippen LogP contribution in [0, 0.1) is 10.1 Å². The quantitative estimate of drug-likeness (QED) is 0.368. The van der Waals surface area contributed by atoms with Gasteiger partial charge in [-0.3, -0.25) is 10.1 Å². The Bertz CT molecular complexity index is 471. The van der Waals surface area contributed by atoms with E-state index in [-0.39, 0.29) is 12.1 Å². The number of nitrogens with zero attached hydrogens (tertiary/aromatic N) is 1. The van der Waals surface area contributed by atoms with Gasteiger partial charge in [-0.1, -0.05) is 0 Å². The van der Waals surface area contributed by atoms with Gasteiger partial charge in [-0.15, -0.1) is 8.78 Å². The number of ether oxygens (including phenoxy) is 1. The van der Waals surface area contributed by atoms with Crippen molar-refractivity contribution in [3.05, 3.63) is 33.9 Å². The summed E-state index contributed by atoms with van der Waals surface area (Å²) in [4.78, 5) is 9.06. The van der Waals surface area contributed by atoms with Crippen LogP contribution in [0.5, 0.6) is 5.75 Å². The lowest BCUT2D eigenvalue weighted by Gasteiger charge is -2.12. The molecule has 18 heavy (non-hydrogen) atoms. The van der Waals surface area contributed by atoms with Crippen LogP contribution in [0.3, 0.4) is 0 Å². The van der Waals surface area contributed by atoms with Crippen LogP contribution in [0.25, 0.3) is 0 Å². The zero-order valence-corrected chi connectivity index (χ0v) is 8.93. The molecule has 1 aromatic rings. The second-order valence-electron chi connectivity index (χ2n) is 2.98. The van der Waals surface area contributed by atoms with E-state index in [4.69, 9.17) is 0 Å². The van der Waals surface area contributed by atoms with E-state index < -0.39 is 33.7 Å². The average Bonchev–Trinajstić information content (AvgIpc) is 2.12. The molecule has 0 unspecified atom stereocenters. The first kappa shape index (κ1) is 14.4. The summed E-state index contributed by atoms with van der Waals surface area (Å²) in [5.74, 6) is -0.852. The van der Waals surface area contributed by atoms with Crippen LogP contribution in [-0.2, 0) is 6.18 Å².